The number of hydrogen-bond acceptors (Lipinski definition) is 2. The molecule has 1 saturated heterocycles. The predicted molar refractivity (Wildman–Crippen MR) is 74.4 cm³/mol. The fourth-order valence-corrected chi connectivity index (χ4v) is 2.78. The van der Waals surface area contributed by atoms with E-state index in [2.05, 4.69) is 13.8 Å². The molecule has 1 unspecified atom stereocenters. The molecule has 1 aliphatic rings. The van der Waals surface area contributed by atoms with Gasteiger partial charge in [-0.3, -0.25) is 4.79 Å². The van der Waals surface area contributed by atoms with Crippen molar-refractivity contribution in [3.8, 4) is 0 Å². The molecular formula is C15H29NO2. The van der Waals surface area contributed by atoms with E-state index < -0.39 is 0 Å². The second kappa shape index (κ2) is 7.78. The minimum atomic E-state index is -0.338. The van der Waals surface area contributed by atoms with Crippen LogP contribution in [0.15, 0.2) is 0 Å². The zero-order chi connectivity index (χ0) is 13.4. The lowest BCUT2D eigenvalue weighted by Gasteiger charge is -2.33. The van der Waals surface area contributed by atoms with Crippen molar-refractivity contribution in [2.75, 3.05) is 13.2 Å². The summed E-state index contributed by atoms with van der Waals surface area (Å²) >= 11 is 0. The van der Waals surface area contributed by atoms with Crippen LogP contribution in [0.1, 0.15) is 72.1 Å². The number of carbonyl (C=O) groups excluding carboxylic acids is 1. The molecule has 0 saturated carbocycles. The van der Waals surface area contributed by atoms with Gasteiger partial charge in [-0.25, -0.2) is 0 Å². The summed E-state index contributed by atoms with van der Waals surface area (Å²) in [5.74, 6) is 0.137. The maximum absolute atomic E-state index is 11.5. The van der Waals surface area contributed by atoms with Crippen molar-refractivity contribution in [2.45, 2.75) is 77.9 Å². The van der Waals surface area contributed by atoms with Crippen LogP contribution in [0.4, 0.5) is 0 Å². The van der Waals surface area contributed by atoms with Gasteiger partial charge in [-0.05, 0) is 19.8 Å². The molecule has 1 fully saturated rings. The lowest BCUT2D eigenvalue weighted by Crippen LogP contribution is -2.44. The third-order valence-electron chi connectivity index (χ3n) is 3.92. The Kier molecular flexibility index (Phi) is 6.69. The Morgan fingerprint density at radius 3 is 2.39 bits per heavy atom. The van der Waals surface area contributed by atoms with E-state index in [-0.39, 0.29) is 11.6 Å². The Morgan fingerprint density at radius 1 is 1.17 bits per heavy atom. The summed E-state index contributed by atoms with van der Waals surface area (Å²) in [6.07, 6.45) is 10.1. The normalized spacial score (nSPS) is 23.6. The highest BCUT2D eigenvalue weighted by atomic mass is 16.5. The highest BCUT2D eigenvalue weighted by molar-refractivity contribution is 5.74. The fraction of sp³-hybridized carbons (Fsp3) is 0.933. The molecule has 1 amide bonds. The zero-order valence-electron chi connectivity index (χ0n) is 12.3. The first-order valence-corrected chi connectivity index (χ1v) is 7.52. The first-order valence-electron chi connectivity index (χ1n) is 7.52. The summed E-state index contributed by atoms with van der Waals surface area (Å²) in [7, 11) is 0. The minimum absolute atomic E-state index is 0.137. The monoisotopic (exact) mass is 255 g/mol. The lowest BCUT2D eigenvalue weighted by molar-refractivity contribution is -0.145. The molecule has 0 radical (unpaired) electrons. The van der Waals surface area contributed by atoms with E-state index >= 15 is 0 Å². The number of nitrogens with zero attached hydrogens (tertiary/aromatic N) is 1. The molecule has 3 nitrogen and oxygen atoms in total. The number of carbonyl (C=O) groups is 1. The van der Waals surface area contributed by atoms with Crippen LogP contribution in [0, 0.1) is 0 Å². The molecule has 1 atom stereocenters. The lowest BCUT2D eigenvalue weighted by atomic mass is 10.0. The first-order chi connectivity index (χ1) is 8.60. The number of ether oxygens (including phenoxy) is 1. The highest BCUT2D eigenvalue weighted by Gasteiger charge is 2.38. The van der Waals surface area contributed by atoms with E-state index in [9.17, 15) is 4.79 Å². The Hall–Kier alpha value is -0.570. The van der Waals surface area contributed by atoms with Gasteiger partial charge in [0.25, 0.3) is 0 Å². The molecule has 0 aliphatic carbocycles. The Balaban J connectivity index is 2.15. The van der Waals surface area contributed by atoms with Crippen LogP contribution >= 0.6 is 0 Å². The Bertz CT molecular complexity index is 255. The van der Waals surface area contributed by atoms with Crippen molar-refractivity contribution in [1.82, 2.24) is 4.90 Å². The molecule has 0 aromatic rings. The zero-order valence-corrected chi connectivity index (χ0v) is 12.3. The third kappa shape index (κ3) is 4.60. The molecule has 0 bridgehead atoms. The van der Waals surface area contributed by atoms with Crippen LogP contribution in [0.2, 0.25) is 0 Å². The van der Waals surface area contributed by atoms with Gasteiger partial charge < -0.3 is 9.64 Å². The molecule has 0 aromatic heterocycles. The van der Waals surface area contributed by atoms with E-state index in [1.165, 1.54) is 38.5 Å². The van der Waals surface area contributed by atoms with Crippen molar-refractivity contribution in [2.24, 2.45) is 0 Å². The smallest absolute Gasteiger partial charge is 0.221 e. The van der Waals surface area contributed by atoms with Crippen molar-refractivity contribution < 1.29 is 9.53 Å². The van der Waals surface area contributed by atoms with Gasteiger partial charge in [0.15, 0.2) is 0 Å². The second-order valence-corrected chi connectivity index (χ2v) is 5.57. The van der Waals surface area contributed by atoms with Crippen LogP contribution < -0.4 is 0 Å². The van der Waals surface area contributed by atoms with Crippen molar-refractivity contribution >= 4 is 5.91 Å². The number of rotatable bonds is 8. The van der Waals surface area contributed by atoms with E-state index in [1.54, 1.807) is 6.92 Å². The van der Waals surface area contributed by atoms with E-state index in [0.29, 0.717) is 6.61 Å². The molecule has 1 heterocycles. The summed E-state index contributed by atoms with van der Waals surface area (Å²) in [6.45, 7) is 7.37. The molecule has 18 heavy (non-hydrogen) atoms. The Labute approximate surface area is 112 Å². The summed E-state index contributed by atoms with van der Waals surface area (Å²) in [5, 5.41) is 0. The maximum Gasteiger partial charge on any atom is 0.221 e. The molecule has 0 aromatic carbocycles. The summed E-state index contributed by atoms with van der Waals surface area (Å²) in [4.78, 5) is 13.4. The van der Waals surface area contributed by atoms with Gasteiger partial charge in [-0.2, -0.15) is 0 Å². The van der Waals surface area contributed by atoms with Crippen molar-refractivity contribution in [3.63, 3.8) is 0 Å². The van der Waals surface area contributed by atoms with E-state index in [4.69, 9.17) is 4.74 Å². The maximum atomic E-state index is 11.5. The molecule has 3 heteroatoms. The summed E-state index contributed by atoms with van der Waals surface area (Å²) in [5.41, 5.74) is -0.338. The summed E-state index contributed by atoms with van der Waals surface area (Å²) < 4.78 is 5.76. The van der Waals surface area contributed by atoms with Gasteiger partial charge in [0, 0.05) is 13.5 Å². The molecule has 0 N–H and O–H groups in total. The van der Waals surface area contributed by atoms with Gasteiger partial charge in [0.2, 0.25) is 5.91 Å². The van der Waals surface area contributed by atoms with Gasteiger partial charge >= 0.3 is 0 Å². The summed E-state index contributed by atoms with van der Waals surface area (Å²) in [6, 6.07) is 0. The van der Waals surface area contributed by atoms with Crippen LogP contribution in [-0.4, -0.2) is 29.7 Å². The Morgan fingerprint density at radius 2 is 1.78 bits per heavy atom. The van der Waals surface area contributed by atoms with Crippen molar-refractivity contribution in [1.29, 1.82) is 0 Å². The molecule has 1 rings (SSSR count). The van der Waals surface area contributed by atoms with Gasteiger partial charge in [0.05, 0.1) is 6.61 Å². The number of amides is 1. The molecule has 106 valence electrons. The van der Waals surface area contributed by atoms with E-state index in [1.807, 2.05) is 4.90 Å². The fourth-order valence-electron chi connectivity index (χ4n) is 2.78. The average Bonchev–Trinajstić information content (AvgIpc) is 2.70. The standard InChI is InChI=1S/C15H29NO2/c1-4-5-6-7-8-9-10-11-15(3)16(14(2)17)12-13-18-15/h4-13H2,1-3H3. The van der Waals surface area contributed by atoms with Gasteiger partial charge in [0.1, 0.15) is 5.72 Å². The van der Waals surface area contributed by atoms with Crippen molar-refractivity contribution in [3.05, 3.63) is 0 Å². The van der Waals surface area contributed by atoms with Gasteiger partial charge in [-0.15, -0.1) is 0 Å². The SMILES string of the molecule is CCCCCCCCCC1(C)OCCN1C(C)=O. The highest BCUT2D eigenvalue weighted by Crippen LogP contribution is 2.29. The average molecular weight is 255 g/mol. The molecule has 0 spiro atoms. The minimum Gasteiger partial charge on any atom is -0.354 e. The first kappa shape index (κ1) is 15.5. The van der Waals surface area contributed by atoms with E-state index in [0.717, 1.165) is 19.4 Å². The topological polar surface area (TPSA) is 29.5 Å². The largest absolute Gasteiger partial charge is 0.354 e. The molecule has 1 aliphatic heterocycles. The van der Waals surface area contributed by atoms with Crippen LogP contribution in [-0.2, 0) is 9.53 Å². The van der Waals surface area contributed by atoms with Crippen LogP contribution in [0.5, 0.6) is 0 Å². The second-order valence-electron chi connectivity index (χ2n) is 5.57. The number of hydrogen-bond donors (Lipinski definition) is 0. The van der Waals surface area contributed by atoms with Crippen LogP contribution in [0.25, 0.3) is 0 Å². The third-order valence-corrected chi connectivity index (χ3v) is 3.92. The quantitative estimate of drug-likeness (QED) is 0.619. The molecular weight excluding hydrogens is 226 g/mol. The number of unbranched alkanes of at least 4 members (excludes halogenated alkanes) is 6. The van der Waals surface area contributed by atoms with Crippen LogP contribution in [0.3, 0.4) is 0 Å². The predicted octanol–water partition coefficient (Wildman–Crippen LogP) is 3.72. The van der Waals surface area contributed by atoms with Gasteiger partial charge in [-0.1, -0.05) is 45.4 Å².